The van der Waals surface area contributed by atoms with Gasteiger partial charge >= 0.3 is 6.03 Å². The largest absolute Gasteiger partial charge is 0.491 e. The summed E-state index contributed by atoms with van der Waals surface area (Å²) in [4.78, 5) is 36.7. The average molecular weight is 502 g/mol. The molecular formula is C23H25ClFN7O3. The zero-order chi connectivity index (χ0) is 25.2. The van der Waals surface area contributed by atoms with Gasteiger partial charge in [-0.1, -0.05) is 11.6 Å². The van der Waals surface area contributed by atoms with Crippen molar-refractivity contribution in [1.82, 2.24) is 30.9 Å². The molecule has 35 heavy (non-hydrogen) atoms. The lowest BCUT2D eigenvalue weighted by Gasteiger charge is -2.14. The predicted molar refractivity (Wildman–Crippen MR) is 131 cm³/mol. The Morgan fingerprint density at radius 1 is 1.11 bits per heavy atom. The Morgan fingerprint density at radius 2 is 1.91 bits per heavy atom. The number of urea groups is 1. The molecule has 0 aliphatic carbocycles. The molecule has 0 unspecified atom stereocenters. The molecule has 2 aromatic heterocycles. The van der Waals surface area contributed by atoms with E-state index in [1.54, 1.807) is 6.07 Å². The molecule has 0 saturated carbocycles. The molecule has 0 fully saturated rings. The van der Waals surface area contributed by atoms with Crippen molar-refractivity contribution in [3.8, 4) is 17.1 Å². The number of benzene rings is 1. The van der Waals surface area contributed by atoms with Crippen molar-refractivity contribution in [1.29, 1.82) is 0 Å². The minimum atomic E-state index is -0.531. The van der Waals surface area contributed by atoms with Crippen LogP contribution in [0.15, 0.2) is 42.9 Å². The molecule has 10 nitrogen and oxygen atoms in total. The molecule has 3 rings (SSSR count). The van der Waals surface area contributed by atoms with E-state index in [9.17, 15) is 14.0 Å². The number of nitrogens with zero attached hydrogens (tertiary/aromatic N) is 3. The summed E-state index contributed by atoms with van der Waals surface area (Å²) in [5.74, 6) is -0.295. The van der Waals surface area contributed by atoms with Crippen LogP contribution < -0.4 is 26.0 Å². The lowest BCUT2D eigenvalue weighted by Crippen LogP contribution is -2.37. The molecule has 0 saturated heterocycles. The molecule has 0 atom stereocenters. The van der Waals surface area contributed by atoms with Crippen LogP contribution in [0, 0.1) is 5.82 Å². The first kappa shape index (κ1) is 25.6. The molecule has 184 valence electrons. The molecule has 1 aromatic carbocycles. The molecule has 0 bridgehead atoms. The maximum atomic E-state index is 14.3. The smallest absolute Gasteiger partial charge is 0.314 e. The maximum absolute atomic E-state index is 14.3. The lowest BCUT2D eigenvalue weighted by molar-refractivity contribution is 0.0954. The molecule has 0 radical (unpaired) electrons. The monoisotopic (exact) mass is 501 g/mol. The summed E-state index contributed by atoms with van der Waals surface area (Å²) >= 11 is 6.00. The molecule has 0 spiro atoms. The first-order valence-electron chi connectivity index (χ1n) is 10.8. The van der Waals surface area contributed by atoms with Gasteiger partial charge in [-0.25, -0.2) is 19.2 Å². The number of hydrogen-bond donors (Lipinski definition) is 4. The molecule has 12 heteroatoms. The van der Waals surface area contributed by atoms with Crippen molar-refractivity contribution < 1.29 is 18.7 Å². The fourth-order valence-corrected chi connectivity index (χ4v) is 3.20. The number of halogens is 2. The summed E-state index contributed by atoms with van der Waals surface area (Å²) < 4.78 is 19.7. The Kier molecular flexibility index (Phi) is 9.13. The normalized spacial score (nSPS) is 10.4. The third-order valence-corrected chi connectivity index (χ3v) is 4.96. The minimum Gasteiger partial charge on any atom is -0.491 e. The second-order valence-electron chi connectivity index (χ2n) is 7.18. The highest BCUT2D eigenvalue weighted by Crippen LogP contribution is 2.30. The molecule has 0 aliphatic rings. The second kappa shape index (κ2) is 12.5. The maximum Gasteiger partial charge on any atom is 0.314 e. The molecule has 3 amide bonds. The molecule has 3 aromatic rings. The second-order valence-corrected chi connectivity index (χ2v) is 7.61. The van der Waals surface area contributed by atoms with Gasteiger partial charge in [0.05, 0.1) is 30.1 Å². The summed E-state index contributed by atoms with van der Waals surface area (Å²) in [6.45, 7) is 3.11. The van der Waals surface area contributed by atoms with Crippen molar-refractivity contribution in [2.24, 2.45) is 0 Å². The van der Waals surface area contributed by atoms with Crippen LogP contribution in [0.3, 0.4) is 0 Å². The number of ether oxygens (including phenoxy) is 1. The fraction of sp³-hybridized carbons (Fsp3) is 0.261. The number of aromatic nitrogens is 3. The van der Waals surface area contributed by atoms with Gasteiger partial charge in [-0.2, -0.15) is 0 Å². The van der Waals surface area contributed by atoms with Crippen molar-refractivity contribution in [2.45, 2.75) is 13.3 Å². The fourth-order valence-electron chi connectivity index (χ4n) is 3.03. The van der Waals surface area contributed by atoms with Crippen LogP contribution in [0.5, 0.6) is 5.75 Å². The number of anilines is 2. The van der Waals surface area contributed by atoms with Crippen LogP contribution in [0.1, 0.15) is 23.7 Å². The predicted octanol–water partition coefficient (Wildman–Crippen LogP) is 3.52. The van der Waals surface area contributed by atoms with Gasteiger partial charge in [0.2, 0.25) is 0 Å². The Labute approximate surface area is 206 Å². The van der Waals surface area contributed by atoms with Crippen molar-refractivity contribution >= 4 is 35.0 Å². The van der Waals surface area contributed by atoms with E-state index in [2.05, 4.69) is 36.2 Å². The summed E-state index contributed by atoms with van der Waals surface area (Å²) in [7, 11) is 1.44. The molecule has 4 N–H and O–H groups in total. The van der Waals surface area contributed by atoms with Crippen molar-refractivity contribution in [3.05, 3.63) is 59.3 Å². The zero-order valence-electron chi connectivity index (χ0n) is 19.2. The molecule has 2 heterocycles. The van der Waals surface area contributed by atoms with Crippen LogP contribution >= 0.6 is 11.6 Å². The minimum absolute atomic E-state index is 0.0907. The van der Waals surface area contributed by atoms with Gasteiger partial charge in [-0.15, -0.1) is 0 Å². The van der Waals surface area contributed by atoms with Crippen LogP contribution in [-0.2, 0) is 0 Å². The number of hydrogen-bond acceptors (Lipinski definition) is 7. The first-order valence-corrected chi connectivity index (χ1v) is 11.2. The summed E-state index contributed by atoms with van der Waals surface area (Å²) in [6.07, 6.45) is 4.87. The third kappa shape index (κ3) is 7.00. The zero-order valence-corrected chi connectivity index (χ0v) is 19.9. The van der Waals surface area contributed by atoms with Gasteiger partial charge in [0.15, 0.2) is 17.4 Å². The highest BCUT2D eigenvalue weighted by molar-refractivity contribution is 6.30. The van der Waals surface area contributed by atoms with Gasteiger partial charge in [0, 0.05) is 37.1 Å². The van der Waals surface area contributed by atoms with E-state index in [1.165, 1.54) is 43.9 Å². The standard InChI is InChI=1S/C23H25ClFN7O3/c1-3-27-23(34)29-9-4-8-28-22(33)16-12-26-10-7-18(16)31-21-19(35-2)13-30-20(32-21)15-11-14(24)5-6-17(15)25/h5-7,10-13H,3-4,8-9H2,1-2H3,(H,28,33)(H2,27,29,34)(H,26,30,31,32). The number of pyridine rings is 1. The van der Waals surface area contributed by atoms with Crippen molar-refractivity contribution in [3.63, 3.8) is 0 Å². The van der Waals surface area contributed by atoms with Crippen molar-refractivity contribution in [2.75, 3.05) is 32.1 Å². The number of amides is 3. The number of rotatable bonds is 10. The van der Waals surface area contributed by atoms with E-state index in [0.29, 0.717) is 36.8 Å². The van der Waals surface area contributed by atoms with E-state index >= 15 is 0 Å². The quantitative estimate of drug-likeness (QED) is 0.313. The SMILES string of the molecule is CCNC(=O)NCCCNC(=O)c1cnccc1Nc1nc(-c2cc(Cl)ccc2F)ncc1OC. The van der Waals surface area contributed by atoms with Gasteiger partial charge < -0.3 is 26.0 Å². The van der Waals surface area contributed by atoms with Crippen LogP contribution in [0.4, 0.5) is 20.7 Å². The number of methoxy groups -OCH3 is 1. The van der Waals surface area contributed by atoms with E-state index in [1.807, 2.05) is 6.92 Å². The van der Waals surface area contributed by atoms with Gasteiger partial charge in [0.25, 0.3) is 5.91 Å². The summed E-state index contributed by atoms with van der Waals surface area (Å²) in [5, 5.41) is 11.5. The Morgan fingerprint density at radius 3 is 2.69 bits per heavy atom. The molecule has 0 aliphatic heterocycles. The van der Waals surface area contributed by atoms with E-state index in [4.69, 9.17) is 16.3 Å². The highest BCUT2D eigenvalue weighted by atomic mass is 35.5. The number of nitrogens with one attached hydrogen (secondary N) is 4. The molecular weight excluding hydrogens is 477 g/mol. The lowest BCUT2D eigenvalue weighted by atomic mass is 10.2. The van der Waals surface area contributed by atoms with Crippen LogP contribution in [-0.4, -0.2) is 53.6 Å². The summed E-state index contributed by atoms with van der Waals surface area (Å²) in [6, 6.07) is 5.44. The number of carbonyl (C=O) groups is 2. The first-order chi connectivity index (χ1) is 16.9. The van der Waals surface area contributed by atoms with Crippen LogP contribution in [0.2, 0.25) is 5.02 Å². The summed E-state index contributed by atoms with van der Waals surface area (Å²) in [5.41, 5.74) is 0.796. The van der Waals surface area contributed by atoms with E-state index in [-0.39, 0.29) is 40.5 Å². The van der Waals surface area contributed by atoms with E-state index in [0.717, 1.165) is 0 Å². The van der Waals surface area contributed by atoms with Gasteiger partial charge in [-0.3, -0.25) is 9.78 Å². The average Bonchev–Trinajstić information content (AvgIpc) is 2.85. The van der Waals surface area contributed by atoms with Gasteiger partial charge in [-0.05, 0) is 37.6 Å². The highest BCUT2D eigenvalue weighted by Gasteiger charge is 2.17. The Hall–Kier alpha value is -3.99. The topological polar surface area (TPSA) is 130 Å². The number of carbonyl (C=O) groups excluding carboxylic acids is 2. The Bertz CT molecular complexity index is 1200. The van der Waals surface area contributed by atoms with Crippen LogP contribution in [0.25, 0.3) is 11.4 Å². The van der Waals surface area contributed by atoms with E-state index < -0.39 is 5.82 Å². The third-order valence-electron chi connectivity index (χ3n) is 4.73. The van der Waals surface area contributed by atoms with Gasteiger partial charge in [0.1, 0.15) is 5.82 Å². The Balaban J connectivity index is 1.74.